The Kier molecular flexibility index (Phi) is 5.08. The molecule has 0 saturated heterocycles. The zero-order valence-electron chi connectivity index (χ0n) is 12.5. The minimum atomic E-state index is -0.533. The second-order valence-corrected chi connectivity index (χ2v) is 4.94. The van der Waals surface area contributed by atoms with E-state index in [-0.39, 0.29) is 5.91 Å². The van der Waals surface area contributed by atoms with E-state index in [1.807, 2.05) is 27.8 Å². The quantitative estimate of drug-likeness (QED) is 0.830. The number of nitrogens with zero attached hydrogens (tertiary/aromatic N) is 2. The predicted octanol–water partition coefficient (Wildman–Crippen LogP) is 0.818. The molecular weight excluding hydrogens is 246 g/mol. The maximum absolute atomic E-state index is 12.2. The van der Waals surface area contributed by atoms with Crippen molar-refractivity contribution in [1.82, 2.24) is 15.1 Å². The van der Waals surface area contributed by atoms with Crippen LogP contribution in [-0.2, 0) is 16.5 Å². The molecule has 108 valence electrons. The van der Waals surface area contributed by atoms with E-state index in [2.05, 4.69) is 10.4 Å². The van der Waals surface area contributed by atoms with Gasteiger partial charge in [-0.15, -0.1) is 0 Å². The van der Waals surface area contributed by atoms with Crippen LogP contribution in [0, 0.1) is 13.8 Å². The van der Waals surface area contributed by atoms with Gasteiger partial charge in [0.05, 0.1) is 17.9 Å². The van der Waals surface area contributed by atoms with Gasteiger partial charge in [0.15, 0.2) is 0 Å². The summed E-state index contributed by atoms with van der Waals surface area (Å²) in [5.74, 6) is -0.137. The molecule has 0 aromatic carbocycles. The first-order chi connectivity index (χ1) is 8.84. The van der Waals surface area contributed by atoms with Crippen molar-refractivity contribution < 1.29 is 14.3 Å². The molecule has 1 aromatic heterocycles. The van der Waals surface area contributed by atoms with Gasteiger partial charge in [-0.05, 0) is 20.8 Å². The van der Waals surface area contributed by atoms with Gasteiger partial charge >= 0.3 is 0 Å². The molecule has 0 fully saturated rings. The molecule has 1 N–H and O–H groups in total. The average Bonchev–Trinajstić information content (AvgIpc) is 2.61. The van der Waals surface area contributed by atoms with Crippen molar-refractivity contribution in [1.29, 1.82) is 0 Å². The number of aromatic nitrogens is 2. The lowest BCUT2D eigenvalue weighted by molar-refractivity contribution is -0.0479. The summed E-state index contributed by atoms with van der Waals surface area (Å²) in [6.07, 6.45) is 0. The molecule has 0 saturated carbocycles. The number of carbonyl (C=O) groups excluding carboxylic acids is 1. The smallest absolute Gasteiger partial charge is 0.255 e. The van der Waals surface area contributed by atoms with Gasteiger partial charge in [0.2, 0.25) is 0 Å². The van der Waals surface area contributed by atoms with Crippen molar-refractivity contribution in [2.75, 3.05) is 27.4 Å². The van der Waals surface area contributed by atoms with Crippen LogP contribution in [0.4, 0.5) is 0 Å². The van der Waals surface area contributed by atoms with Crippen molar-refractivity contribution in [3.05, 3.63) is 17.0 Å². The number of methoxy groups -OCH3 is 2. The number of rotatable bonds is 6. The van der Waals surface area contributed by atoms with Crippen molar-refractivity contribution in [3.63, 3.8) is 0 Å². The molecule has 0 radical (unpaired) electrons. The van der Waals surface area contributed by atoms with Crippen LogP contribution in [0.1, 0.15) is 28.7 Å². The van der Waals surface area contributed by atoms with E-state index >= 15 is 0 Å². The van der Waals surface area contributed by atoms with Crippen LogP contribution in [0.25, 0.3) is 0 Å². The minimum absolute atomic E-state index is 0.137. The molecule has 6 heteroatoms. The van der Waals surface area contributed by atoms with Crippen molar-refractivity contribution >= 4 is 5.91 Å². The molecular formula is C13H23N3O3. The molecule has 19 heavy (non-hydrogen) atoms. The Labute approximate surface area is 114 Å². The Morgan fingerprint density at radius 2 is 2.05 bits per heavy atom. The number of carbonyl (C=O) groups is 1. The lowest BCUT2D eigenvalue weighted by Gasteiger charge is -2.27. The van der Waals surface area contributed by atoms with Gasteiger partial charge in [0, 0.05) is 33.5 Å². The number of nitrogens with one attached hydrogen (secondary N) is 1. The minimum Gasteiger partial charge on any atom is -0.382 e. The molecule has 0 aliphatic carbocycles. The SMILES string of the molecule is COC[C@@](C)(CNC(=O)c1c(C)nn(C)c1C)OC. The van der Waals surface area contributed by atoms with Crippen LogP contribution in [0.15, 0.2) is 0 Å². The Morgan fingerprint density at radius 3 is 2.47 bits per heavy atom. The first-order valence-electron chi connectivity index (χ1n) is 6.17. The third-order valence-corrected chi connectivity index (χ3v) is 3.30. The van der Waals surface area contributed by atoms with Crippen LogP contribution >= 0.6 is 0 Å². The van der Waals surface area contributed by atoms with Gasteiger partial charge in [0.25, 0.3) is 5.91 Å². The highest BCUT2D eigenvalue weighted by Gasteiger charge is 2.26. The zero-order valence-corrected chi connectivity index (χ0v) is 12.5. The number of aryl methyl sites for hydroxylation is 2. The fourth-order valence-corrected chi connectivity index (χ4v) is 1.95. The first kappa shape index (κ1) is 15.7. The maximum Gasteiger partial charge on any atom is 0.255 e. The summed E-state index contributed by atoms with van der Waals surface area (Å²) in [5.41, 5.74) is 1.66. The fraction of sp³-hybridized carbons (Fsp3) is 0.692. The lowest BCUT2D eigenvalue weighted by Crippen LogP contribution is -2.45. The van der Waals surface area contributed by atoms with Gasteiger partial charge in [-0.2, -0.15) is 5.10 Å². The molecule has 0 unspecified atom stereocenters. The normalized spacial score (nSPS) is 14.2. The van der Waals surface area contributed by atoms with Crippen LogP contribution < -0.4 is 5.32 Å². The molecule has 0 spiro atoms. The summed E-state index contributed by atoms with van der Waals surface area (Å²) < 4.78 is 12.2. The van der Waals surface area contributed by atoms with E-state index in [0.29, 0.717) is 18.7 Å². The molecule has 1 heterocycles. The molecule has 1 rings (SSSR count). The van der Waals surface area contributed by atoms with E-state index in [1.54, 1.807) is 18.9 Å². The third-order valence-electron chi connectivity index (χ3n) is 3.30. The van der Waals surface area contributed by atoms with Gasteiger partial charge in [0.1, 0.15) is 5.60 Å². The van der Waals surface area contributed by atoms with Gasteiger partial charge < -0.3 is 14.8 Å². The molecule has 1 amide bonds. The van der Waals surface area contributed by atoms with Crippen LogP contribution in [0.2, 0.25) is 0 Å². The highest BCUT2D eigenvalue weighted by molar-refractivity contribution is 5.96. The number of hydrogen-bond donors (Lipinski definition) is 1. The molecule has 0 aliphatic rings. The summed E-state index contributed by atoms with van der Waals surface area (Å²) in [5, 5.41) is 7.11. The number of hydrogen-bond acceptors (Lipinski definition) is 4. The largest absolute Gasteiger partial charge is 0.382 e. The second-order valence-electron chi connectivity index (χ2n) is 4.94. The number of ether oxygens (including phenoxy) is 2. The van der Waals surface area contributed by atoms with Crippen LogP contribution in [0.5, 0.6) is 0 Å². The first-order valence-corrected chi connectivity index (χ1v) is 6.17. The fourth-order valence-electron chi connectivity index (χ4n) is 1.95. The predicted molar refractivity (Wildman–Crippen MR) is 72.3 cm³/mol. The van der Waals surface area contributed by atoms with Gasteiger partial charge in [-0.25, -0.2) is 0 Å². The Hall–Kier alpha value is -1.40. The van der Waals surface area contributed by atoms with Crippen LogP contribution in [0.3, 0.4) is 0 Å². The summed E-state index contributed by atoms with van der Waals surface area (Å²) in [6, 6.07) is 0. The van der Waals surface area contributed by atoms with Gasteiger partial charge in [-0.3, -0.25) is 9.48 Å². The third kappa shape index (κ3) is 3.54. The second kappa shape index (κ2) is 6.16. The molecule has 0 bridgehead atoms. The monoisotopic (exact) mass is 269 g/mol. The highest BCUT2D eigenvalue weighted by Crippen LogP contribution is 2.13. The summed E-state index contributed by atoms with van der Waals surface area (Å²) in [4.78, 5) is 12.2. The molecule has 1 aromatic rings. The Balaban J connectivity index is 2.75. The highest BCUT2D eigenvalue weighted by atomic mass is 16.5. The van der Waals surface area contributed by atoms with E-state index in [1.165, 1.54) is 0 Å². The maximum atomic E-state index is 12.2. The molecule has 0 aliphatic heterocycles. The summed E-state index contributed by atoms with van der Waals surface area (Å²) in [7, 11) is 5.03. The molecule has 1 atom stereocenters. The van der Waals surface area contributed by atoms with Crippen molar-refractivity contribution in [2.24, 2.45) is 7.05 Å². The average molecular weight is 269 g/mol. The number of amides is 1. The van der Waals surface area contributed by atoms with E-state index < -0.39 is 5.60 Å². The van der Waals surface area contributed by atoms with Crippen LogP contribution in [-0.4, -0.2) is 48.7 Å². The van der Waals surface area contributed by atoms with E-state index in [0.717, 1.165) is 11.4 Å². The van der Waals surface area contributed by atoms with Crippen molar-refractivity contribution in [3.8, 4) is 0 Å². The summed E-state index contributed by atoms with van der Waals surface area (Å²) in [6.45, 7) is 6.38. The topological polar surface area (TPSA) is 65.4 Å². The Bertz CT molecular complexity index is 456. The van der Waals surface area contributed by atoms with Gasteiger partial charge in [-0.1, -0.05) is 0 Å². The molecule has 6 nitrogen and oxygen atoms in total. The lowest BCUT2D eigenvalue weighted by atomic mass is 10.1. The van der Waals surface area contributed by atoms with Crippen molar-refractivity contribution in [2.45, 2.75) is 26.4 Å². The van der Waals surface area contributed by atoms with E-state index in [4.69, 9.17) is 9.47 Å². The standard InChI is InChI=1S/C13H23N3O3/c1-9-11(10(2)16(4)15-9)12(17)14-7-13(3,19-6)8-18-5/h7-8H2,1-6H3,(H,14,17)/t13-/m1/s1. The Morgan fingerprint density at radius 1 is 1.42 bits per heavy atom. The summed E-state index contributed by atoms with van der Waals surface area (Å²) >= 11 is 0. The zero-order chi connectivity index (χ0) is 14.6. The van der Waals surface area contributed by atoms with E-state index in [9.17, 15) is 4.79 Å².